The Bertz CT molecular complexity index is 392. The van der Waals surface area contributed by atoms with Crippen molar-refractivity contribution in [3.8, 4) is 0 Å². The van der Waals surface area contributed by atoms with Crippen molar-refractivity contribution in [1.29, 1.82) is 0 Å². The number of fused-ring (bicyclic) bond motifs is 2. The molecular weight excluding hydrogens is 234 g/mol. The monoisotopic (exact) mass is 259 g/mol. The minimum Gasteiger partial charge on any atom is -0.317 e. The van der Waals surface area contributed by atoms with E-state index >= 15 is 0 Å². The largest absolute Gasteiger partial charge is 0.317 e. The molecule has 2 aliphatic heterocycles. The molecule has 3 heterocycles. The summed E-state index contributed by atoms with van der Waals surface area (Å²) in [4.78, 5) is 7.31. The lowest BCUT2D eigenvalue weighted by Gasteiger charge is -2.51. The first-order chi connectivity index (χ1) is 9.29. The van der Waals surface area contributed by atoms with Gasteiger partial charge in [-0.15, -0.1) is 0 Å². The third-order valence-corrected chi connectivity index (χ3v) is 5.00. The van der Waals surface area contributed by atoms with E-state index in [1.165, 1.54) is 37.8 Å². The summed E-state index contributed by atoms with van der Waals surface area (Å²) >= 11 is 0. The second-order valence-electron chi connectivity index (χ2n) is 6.07. The van der Waals surface area contributed by atoms with Gasteiger partial charge in [0.1, 0.15) is 0 Å². The van der Waals surface area contributed by atoms with Gasteiger partial charge in [-0.2, -0.15) is 0 Å². The SMILES string of the molecule is CNC1CC2CCCC(C1)N2C(C)c1ccccn1. The van der Waals surface area contributed by atoms with Gasteiger partial charge in [-0.05, 0) is 51.8 Å². The summed E-state index contributed by atoms with van der Waals surface area (Å²) in [6.45, 7) is 2.33. The molecule has 3 unspecified atom stereocenters. The molecule has 3 rings (SSSR count). The molecule has 3 atom stereocenters. The lowest BCUT2D eigenvalue weighted by Crippen LogP contribution is -2.56. The lowest BCUT2D eigenvalue weighted by molar-refractivity contribution is -0.00639. The summed E-state index contributed by atoms with van der Waals surface area (Å²) < 4.78 is 0. The lowest BCUT2D eigenvalue weighted by atomic mass is 9.80. The quantitative estimate of drug-likeness (QED) is 0.904. The number of nitrogens with one attached hydrogen (secondary N) is 1. The van der Waals surface area contributed by atoms with E-state index in [1.54, 1.807) is 0 Å². The van der Waals surface area contributed by atoms with Crippen molar-refractivity contribution < 1.29 is 0 Å². The topological polar surface area (TPSA) is 28.2 Å². The fourth-order valence-electron chi connectivity index (χ4n) is 4.06. The molecule has 1 N–H and O–H groups in total. The Morgan fingerprint density at radius 3 is 2.58 bits per heavy atom. The smallest absolute Gasteiger partial charge is 0.0572 e. The molecule has 0 spiro atoms. The van der Waals surface area contributed by atoms with Crippen molar-refractivity contribution in [3.05, 3.63) is 30.1 Å². The molecule has 2 bridgehead atoms. The van der Waals surface area contributed by atoms with Crippen molar-refractivity contribution in [3.63, 3.8) is 0 Å². The zero-order valence-corrected chi connectivity index (χ0v) is 12.0. The van der Waals surface area contributed by atoms with Crippen LogP contribution in [0.2, 0.25) is 0 Å². The van der Waals surface area contributed by atoms with Gasteiger partial charge < -0.3 is 5.32 Å². The number of nitrogens with zero attached hydrogens (tertiary/aromatic N) is 2. The highest BCUT2D eigenvalue weighted by Gasteiger charge is 2.40. The van der Waals surface area contributed by atoms with E-state index in [4.69, 9.17) is 0 Å². The van der Waals surface area contributed by atoms with Crippen molar-refractivity contribution in [2.75, 3.05) is 7.05 Å². The first-order valence-electron chi connectivity index (χ1n) is 7.65. The van der Waals surface area contributed by atoms with Crippen LogP contribution in [0, 0.1) is 0 Å². The fourth-order valence-corrected chi connectivity index (χ4v) is 4.06. The van der Waals surface area contributed by atoms with E-state index in [2.05, 4.69) is 41.3 Å². The predicted octanol–water partition coefficient (Wildman–Crippen LogP) is 2.75. The normalized spacial score (nSPS) is 33.1. The molecule has 0 saturated carbocycles. The van der Waals surface area contributed by atoms with Gasteiger partial charge in [0.2, 0.25) is 0 Å². The number of aromatic nitrogens is 1. The van der Waals surface area contributed by atoms with E-state index in [9.17, 15) is 0 Å². The minimum absolute atomic E-state index is 0.453. The third kappa shape index (κ3) is 2.54. The standard InChI is InChI=1S/C16H25N3/c1-12(16-8-3-4-9-18-16)19-14-6-5-7-15(19)11-13(10-14)17-2/h3-4,8-9,12-15,17H,5-7,10-11H2,1-2H3. The van der Waals surface area contributed by atoms with Crippen LogP contribution >= 0.6 is 0 Å². The number of hydrogen-bond acceptors (Lipinski definition) is 3. The second-order valence-corrected chi connectivity index (χ2v) is 6.07. The Morgan fingerprint density at radius 2 is 2.00 bits per heavy atom. The van der Waals surface area contributed by atoms with E-state index in [1.807, 2.05) is 12.3 Å². The van der Waals surface area contributed by atoms with Crippen molar-refractivity contribution in [1.82, 2.24) is 15.2 Å². The molecule has 2 fully saturated rings. The molecule has 3 heteroatoms. The van der Waals surface area contributed by atoms with Gasteiger partial charge >= 0.3 is 0 Å². The Morgan fingerprint density at radius 1 is 1.26 bits per heavy atom. The number of piperidine rings is 2. The van der Waals surface area contributed by atoms with Gasteiger partial charge in [0.05, 0.1) is 5.69 Å². The molecule has 0 amide bonds. The van der Waals surface area contributed by atoms with Gasteiger partial charge in [-0.3, -0.25) is 9.88 Å². The molecule has 2 saturated heterocycles. The molecule has 0 aromatic carbocycles. The number of pyridine rings is 1. The maximum absolute atomic E-state index is 4.56. The molecule has 0 aliphatic carbocycles. The molecule has 1 aromatic rings. The van der Waals surface area contributed by atoms with Gasteiger partial charge in [-0.1, -0.05) is 12.5 Å². The molecule has 0 radical (unpaired) electrons. The fraction of sp³-hybridized carbons (Fsp3) is 0.688. The van der Waals surface area contributed by atoms with Crippen LogP contribution in [-0.2, 0) is 0 Å². The highest BCUT2D eigenvalue weighted by atomic mass is 15.2. The Balaban J connectivity index is 1.80. The first-order valence-corrected chi connectivity index (χ1v) is 7.65. The van der Waals surface area contributed by atoms with Gasteiger partial charge in [0.15, 0.2) is 0 Å². The van der Waals surface area contributed by atoms with Gasteiger partial charge in [0.25, 0.3) is 0 Å². The van der Waals surface area contributed by atoms with Crippen molar-refractivity contribution >= 4 is 0 Å². The van der Waals surface area contributed by atoms with E-state index in [0.717, 1.165) is 12.1 Å². The van der Waals surface area contributed by atoms with Gasteiger partial charge in [0, 0.05) is 30.4 Å². The van der Waals surface area contributed by atoms with E-state index in [0.29, 0.717) is 12.1 Å². The van der Waals surface area contributed by atoms with Crippen LogP contribution in [0.25, 0.3) is 0 Å². The van der Waals surface area contributed by atoms with Gasteiger partial charge in [-0.25, -0.2) is 0 Å². The number of hydrogen-bond donors (Lipinski definition) is 1. The summed E-state index contributed by atoms with van der Waals surface area (Å²) in [7, 11) is 2.11. The first kappa shape index (κ1) is 13.1. The molecular formula is C16H25N3. The highest BCUT2D eigenvalue weighted by Crippen LogP contribution is 2.39. The Labute approximate surface area is 116 Å². The van der Waals surface area contributed by atoms with Crippen LogP contribution < -0.4 is 5.32 Å². The molecule has 3 nitrogen and oxygen atoms in total. The summed E-state index contributed by atoms with van der Waals surface area (Å²) in [6, 6.07) is 8.92. The predicted molar refractivity (Wildman–Crippen MR) is 78.0 cm³/mol. The maximum atomic E-state index is 4.56. The van der Waals surface area contributed by atoms with E-state index in [-0.39, 0.29) is 0 Å². The summed E-state index contributed by atoms with van der Waals surface area (Å²) in [6.07, 6.45) is 8.62. The van der Waals surface area contributed by atoms with Crippen molar-refractivity contribution in [2.45, 2.75) is 63.2 Å². The summed E-state index contributed by atoms with van der Waals surface area (Å²) in [5, 5.41) is 3.49. The average molecular weight is 259 g/mol. The van der Waals surface area contributed by atoms with E-state index < -0.39 is 0 Å². The zero-order valence-electron chi connectivity index (χ0n) is 12.0. The van der Waals surface area contributed by atoms with Crippen LogP contribution in [0.3, 0.4) is 0 Å². The Kier molecular flexibility index (Phi) is 3.85. The molecule has 104 valence electrons. The molecule has 2 aliphatic rings. The molecule has 1 aromatic heterocycles. The molecule has 19 heavy (non-hydrogen) atoms. The summed E-state index contributed by atoms with van der Waals surface area (Å²) in [5.41, 5.74) is 1.22. The Hall–Kier alpha value is -0.930. The van der Waals surface area contributed by atoms with Crippen LogP contribution in [-0.4, -0.2) is 35.1 Å². The van der Waals surface area contributed by atoms with Crippen LogP contribution in [0.4, 0.5) is 0 Å². The summed E-state index contributed by atoms with van der Waals surface area (Å²) in [5.74, 6) is 0. The number of rotatable bonds is 3. The third-order valence-electron chi connectivity index (χ3n) is 5.00. The second kappa shape index (κ2) is 5.59. The highest BCUT2D eigenvalue weighted by molar-refractivity contribution is 5.10. The van der Waals surface area contributed by atoms with Crippen molar-refractivity contribution in [2.24, 2.45) is 0 Å². The zero-order chi connectivity index (χ0) is 13.2. The average Bonchev–Trinajstić information content (AvgIpc) is 2.46. The maximum Gasteiger partial charge on any atom is 0.0572 e. The minimum atomic E-state index is 0.453. The van der Waals surface area contributed by atoms with Crippen LogP contribution in [0.15, 0.2) is 24.4 Å². The van der Waals surface area contributed by atoms with Crippen LogP contribution in [0.1, 0.15) is 50.8 Å². The van der Waals surface area contributed by atoms with Crippen LogP contribution in [0.5, 0.6) is 0 Å².